The van der Waals surface area contributed by atoms with Crippen molar-refractivity contribution in [1.82, 2.24) is 4.90 Å². The summed E-state index contributed by atoms with van der Waals surface area (Å²) in [6.07, 6.45) is 1.31. The lowest BCUT2D eigenvalue weighted by atomic mass is 10.1. The van der Waals surface area contributed by atoms with Gasteiger partial charge in [0, 0.05) is 25.2 Å². The van der Waals surface area contributed by atoms with Gasteiger partial charge in [-0.3, -0.25) is 4.90 Å². The molecule has 1 aromatic rings. The summed E-state index contributed by atoms with van der Waals surface area (Å²) in [5, 5.41) is 0. The quantitative estimate of drug-likeness (QED) is 0.844. The van der Waals surface area contributed by atoms with E-state index < -0.39 is 0 Å². The highest BCUT2D eigenvalue weighted by Crippen LogP contribution is 2.24. The summed E-state index contributed by atoms with van der Waals surface area (Å²) in [6, 6.07) is 11.2. The van der Waals surface area contributed by atoms with Gasteiger partial charge in [0.05, 0.1) is 0 Å². The Morgan fingerprint density at radius 3 is 2.56 bits per heavy atom. The van der Waals surface area contributed by atoms with Gasteiger partial charge in [-0.1, -0.05) is 37.3 Å². The number of hydrogen-bond acceptors (Lipinski definition) is 2. The minimum absolute atomic E-state index is 0.147. The van der Waals surface area contributed by atoms with Crippen LogP contribution in [0.5, 0.6) is 0 Å². The van der Waals surface area contributed by atoms with Crippen LogP contribution in [-0.2, 0) is 0 Å². The second-order valence-electron chi connectivity index (χ2n) is 5.16. The Labute approximate surface area is 98.4 Å². The number of benzene rings is 1. The van der Waals surface area contributed by atoms with Gasteiger partial charge in [0.15, 0.2) is 0 Å². The van der Waals surface area contributed by atoms with Gasteiger partial charge in [0.2, 0.25) is 0 Å². The van der Waals surface area contributed by atoms with Gasteiger partial charge in [-0.05, 0) is 24.8 Å². The maximum atomic E-state index is 6.24. The predicted octanol–water partition coefficient (Wildman–Crippen LogP) is 2.42. The molecule has 1 heterocycles. The lowest BCUT2D eigenvalue weighted by Crippen LogP contribution is -2.34. The van der Waals surface area contributed by atoms with Gasteiger partial charge in [-0.2, -0.15) is 0 Å². The van der Waals surface area contributed by atoms with Crippen LogP contribution in [0, 0.1) is 5.92 Å². The third-order valence-electron chi connectivity index (χ3n) is 3.57. The van der Waals surface area contributed by atoms with Crippen molar-refractivity contribution in [3.05, 3.63) is 35.9 Å². The van der Waals surface area contributed by atoms with Gasteiger partial charge in [-0.15, -0.1) is 0 Å². The molecule has 0 unspecified atom stereocenters. The fourth-order valence-corrected chi connectivity index (χ4v) is 2.70. The van der Waals surface area contributed by atoms with Crippen LogP contribution >= 0.6 is 0 Å². The van der Waals surface area contributed by atoms with Crippen molar-refractivity contribution in [2.24, 2.45) is 11.7 Å². The molecule has 1 aliphatic rings. The van der Waals surface area contributed by atoms with E-state index >= 15 is 0 Å². The minimum Gasteiger partial charge on any atom is -0.323 e. The lowest BCUT2D eigenvalue weighted by Gasteiger charge is -2.25. The van der Waals surface area contributed by atoms with E-state index in [4.69, 9.17) is 5.73 Å². The molecule has 1 saturated heterocycles. The highest BCUT2D eigenvalue weighted by molar-refractivity contribution is 5.18. The average molecular weight is 218 g/mol. The van der Waals surface area contributed by atoms with Crippen LogP contribution in [0.4, 0.5) is 0 Å². The molecule has 0 saturated carbocycles. The van der Waals surface area contributed by atoms with Crippen molar-refractivity contribution < 1.29 is 0 Å². The van der Waals surface area contributed by atoms with Crippen LogP contribution in [0.1, 0.15) is 31.9 Å². The van der Waals surface area contributed by atoms with E-state index in [-0.39, 0.29) is 6.04 Å². The summed E-state index contributed by atoms with van der Waals surface area (Å²) in [7, 11) is 0. The van der Waals surface area contributed by atoms with E-state index in [0.717, 1.165) is 12.5 Å². The number of nitrogens with zero attached hydrogens (tertiary/aromatic N) is 1. The Morgan fingerprint density at radius 1 is 1.31 bits per heavy atom. The predicted molar refractivity (Wildman–Crippen MR) is 68.2 cm³/mol. The van der Waals surface area contributed by atoms with Crippen molar-refractivity contribution in [2.75, 3.05) is 13.1 Å². The first-order valence-electron chi connectivity index (χ1n) is 6.21. The normalized spacial score (nSPS) is 28.2. The highest BCUT2D eigenvalue weighted by Gasteiger charge is 2.27. The number of hydrogen-bond donors (Lipinski definition) is 1. The molecule has 3 atom stereocenters. The molecule has 0 radical (unpaired) electrons. The summed E-state index contributed by atoms with van der Waals surface area (Å²) in [5.41, 5.74) is 7.49. The summed E-state index contributed by atoms with van der Waals surface area (Å²) >= 11 is 0. The molecule has 0 amide bonds. The lowest BCUT2D eigenvalue weighted by molar-refractivity contribution is 0.249. The number of likely N-dealkylation sites (tertiary alicyclic amines) is 1. The van der Waals surface area contributed by atoms with Crippen molar-refractivity contribution in [1.29, 1.82) is 0 Å². The molecule has 1 fully saturated rings. The Balaban J connectivity index is 1.95. The van der Waals surface area contributed by atoms with Crippen molar-refractivity contribution >= 4 is 0 Å². The van der Waals surface area contributed by atoms with Crippen LogP contribution in [0.25, 0.3) is 0 Å². The van der Waals surface area contributed by atoms with Crippen LogP contribution in [0.2, 0.25) is 0 Å². The van der Waals surface area contributed by atoms with Gasteiger partial charge < -0.3 is 5.73 Å². The number of rotatable bonds is 3. The first-order valence-corrected chi connectivity index (χ1v) is 6.21. The van der Waals surface area contributed by atoms with E-state index in [2.05, 4.69) is 43.0 Å². The number of nitrogens with two attached hydrogens (primary N) is 1. The van der Waals surface area contributed by atoms with Crippen molar-refractivity contribution in [3.63, 3.8) is 0 Å². The monoisotopic (exact) mass is 218 g/mol. The molecular formula is C14H22N2. The van der Waals surface area contributed by atoms with Crippen LogP contribution in [0.15, 0.2) is 30.3 Å². The molecule has 2 N–H and O–H groups in total. The zero-order chi connectivity index (χ0) is 11.5. The average Bonchev–Trinajstić information content (AvgIpc) is 2.59. The van der Waals surface area contributed by atoms with Crippen molar-refractivity contribution in [2.45, 2.75) is 32.4 Å². The molecule has 16 heavy (non-hydrogen) atoms. The molecule has 0 aromatic heterocycles. The Bertz CT molecular complexity index is 323. The summed E-state index contributed by atoms with van der Waals surface area (Å²) < 4.78 is 0. The maximum Gasteiger partial charge on any atom is 0.0424 e. The molecule has 2 rings (SSSR count). The smallest absolute Gasteiger partial charge is 0.0424 e. The fraction of sp³-hybridized carbons (Fsp3) is 0.571. The first-order chi connectivity index (χ1) is 7.66. The largest absolute Gasteiger partial charge is 0.323 e. The molecule has 1 aliphatic heterocycles. The van der Waals surface area contributed by atoms with E-state index in [1.54, 1.807) is 0 Å². The maximum absolute atomic E-state index is 6.24. The minimum atomic E-state index is 0.147. The molecule has 0 aliphatic carbocycles. The third kappa shape index (κ3) is 2.63. The van der Waals surface area contributed by atoms with E-state index in [1.807, 2.05) is 6.07 Å². The van der Waals surface area contributed by atoms with E-state index in [9.17, 15) is 0 Å². The molecular weight excluding hydrogens is 196 g/mol. The Morgan fingerprint density at radius 2 is 2.00 bits per heavy atom. The zero-order valence-corrected chi connectivity index (χ0v) is 10.3. The molecule has 0 bridgehead atoms. The molecule has 0 spiro atoms. The molecule has 2 nitrogen and oxygen atoms in total. The standard InChI is InChI=1S/C14H22N2/c1-11-8-12(2)16(9-11)10-14(15)13-6-4-3-5-7-13/h3-7,11-12,14H,8-10,15H2,1-2H3/t11-,12-,14+/m0/s1. The van der Waals surface area contributed by atoms with Gasteiger partial charge in [-0.25, -0.2) is 0 Å². The molecule has 1 aromatic carbocycles. The third-order valence-corrected chi connectivity index (χ3v) is 3.57. The van der Waals surface area contributed by atoms with E-state index in [1.165, 1.54) is 18.5 Å². The second-order valence-corrected chi connectivity index (χ2v) is 5.16. The van der Waals surface area contributed by atoms with Crippen LogP contribution in [-0.4, -0.2) is 24.0 Å². The second kappa shape index (κ2) is 4.98. The summed E-state index contributed by atoms with van der Waals surface area (Å²) in [5.74, 6) is 0.818. The van der Waals surface area contributed by atoms with Crippen LogP contribution in [0.3, 0.4) is 0 Å². The highest BCUT2D eigenvalue weighted by atomic mass is 15.2. The fourth-order valence-electron chi connectivity index (χ4n) is 2.70. The molecule has 2 heteroatoms. The zero-order valence-electron chi connectivity index (χ0n) is 10.3. The summed E-state index contributed by atoms with van der Waals surface area (Å²) in [6.45, 7) is 6.81. The van der Waals surface area contributed by atoms with Gasteiger partial charge in [0.1, 0.15) is 0 Å². The first kappa shape index (κ1) is 11.6. The summed E-state index contributed by atoms with van der Waals surface area (Å²) in [4.78, 5) is 2.52. The SMILES string of the molecule is C[C@H]1C[C@H](C)N(C[C@@H](N)c2ccccc2)C1. The Hall–Kier alpha value is -0.860. The van der Waals surface area contributed by atoms with Crippen LogP contribution < -0.4 is 5.73 Å². The van der Waals surface area contributed by atoms with Crippen molar-refractivity contribution in [3.8, 4) is 0 Å². The topological polar surface area (TPSA) is 29.3 Å². The van der Waals surface area contributed by atoms with Gasteiger partial charge in [0.25, 0.3) is 0 Å². The molecule has 88 valence electrons. The Kier molecular flexibility index (Phi) is 3.62. The van der Waals surface area contributed by atoms with E-state index in [0.29, 0.717) is 6.04 Å². The van der Waals surface area contributed by atoms with Gasteiger partial charge >= 0.3 is 0 Å².